The quantitative estimate of drug-likeness (QED) is 0.271. The minimum atomic E-state index is -0.662. The number of nitrogens with one attached hydrogen (secondary N) is 1. The average Bonchev–Trinajstić information content (AvgIpc) is 2.89. The molecule has 2 aromatic carbocycles. The first-order valence-corrected chi connectivity index (χ1v) is 14.5. The molecule has 40 heavy (non-hydrogen) atoms. The monoisotopic (exact) mass is 615 g/mol. The fraction of sp³-hybridized carbons (Fsp3) is 0.452. The summed E-state index contributed by atoms with van der Waals surface area (Å²) in [5.74, 6) is -1.80. The van der Waals surface area contributed by atoms with Crippen LogP contribution in [0.2, 0.25) is 0 Å². The molecule has 1 N–H and O–H groups in total. The third kappa shape index (κ3) is 7.36. The molecule has 9 heteroatoms. The number of pyridine rings is 1. The molecule has 2 heterocycles. The van der Waals surface area contributed by atoms with Crippen LogP contribution in [0.4, 0.5) is 14.6 Å². The number of halogens is 3. The first kappa shape index (κ1) is 29.9. The number of carbonyl (C=O) groups is 2. The van der Waals surface area contributed by atoms with E-state index in [9.17, 15) is 18.4 Å². The lowest BCUT2D eigenvalue weighted by atomic mass is 9.93. The Hall–Kier alpha value is -3.07. The van der Waals surface area contributed by atoms with Crippen LogP contribution in [0.15, 0.2) is 40.9 Å². The number of aromatic nitrogens is 1. The maximum absolute atomic E-state index is 14.8. The number of amides is 1. The van der Waals surface area contributed by atoms with E-state index in [2.05, 4.69) is 26.1 Å². The second kappa shape index (κ2) is 12.6. The van der Waals surface area contributed by atoms with Crippen LogP contribution < -0.4 is 10.2 Å². The number of rotatable bonds is 8. The van der Waals surface area contributed by atoms with Crippen molar-refractivity contribution in [3.8, 4) is 0 Å². The van der Waals surface area contributed by atoms with Gasteiger partial charge in [0.25, 0.3) is 5.91 Å². The Balaban J connectivity index is 1.64. The van der Waals surface area contributed by atoms with Gasteiger partial charge in [-0.05, 0) is 95.3 Å². The molecule has 1 amide bonds. The predicted molar refractivity (Wildman–Crippen MR) is 157 cm³/mol. The number of nitrogens with zero attached hydrogens (tertiary/aromatic N) is 2. The van der Waals surface area contributed by atoms with Gasteiger partial charge >= 0.3 is 5.97 Å². The molecule has 0 radical (unpaired) electrons. The van der Waals surface area contributed by atoms with E-state index in [0.29, 0.717) is 16.5 Å². The standard InChI is InChI=1S/C31H36BrF2N3O3/c1-19-28(24-16-21(32)9-12-26(24)36-29(19)37-14-6-5-7-15-37)30(39)35-18-20(8-13-27(38)40-31(2,3)4)23-17-22(33)10-11-25(23)34/h9-12,16-17,20H,5-8,13-15,18H2,1-4H3,(H,35,39). The van der Waals surface area contributed by atoms with E-state index in [4.69, 9.17) is 9.72 Å². The lowest BCUT2D eigenvalue weighted by molar-refractivity contribution is -0.155. The molecular formula is C31H36BrF2N3O3. The Morgan fingerprint density at radius 3 is 2.52 bits per heavy atom. The number of ether oxygens (including phenoxy) is 1. The van der Waals surface area contributed by atoms with Gasteiger partial charge in [0.05, 0.1) is 11.1 Å². The van der Waals surface area contributed by atoms with Crippen LogP contribution >= 0.6 is 15.9 Å². The van der Waals surface area contributed by atoms with E-state index in [1.54, 1.807) is 20.8 Å². The van der Waals surface area contributed by atoms with Crippen LogP contribution in [0.3, 0.4) is 0 Å². The van der Waals surface area contributed by atoms with E-state index < -0.39 is 29.1 Å². The number of carbonyl (C=O) groups excluding carboxylic acids is 2. The van der Waals surface area contributed by atoms with Crippen molar-refractivity contribution in [1.82, 2.24) is 10.3 Å². The Labute approximate surface area is 242 Å². The Morgan fingerprint density at radius 2 is 1.82 bits per heavy atom. The Morgan fingerprint density at radius 1 is 1.10 bits per heavy atom. The molecule has 1 aliphatic rings. The summed E-state index contributed by atoms with van der Waals surface area (Å²) in [6, 6.07) is 8.89. The summed E-state index contributed by atoms with van der Waals surface area (Å²) >= 11 is 3.51. The van der Waals surface area contributed by atoms with Gasteiger partial charge in [-0.3, -0.25) is 9.59 Å². The smallest absolute Gasteiger partial charge is 0.306 e. The SMILES string of the molecule is Cc1c(N2CCCCC2)nc2ccc(Br)cc2c1C(=O)NCC(CCC(=O)OC(C)(C)C)c1cc(F)ccc1F. The highest BCUT2D eigenvalue weighted by atomic mass is 79.9. The van der Waals surface area contributed by atoms with Crippen LogP contribution in [0.5, 0.6) is 0 Å². The van der Waals surface area contributed by atoms with E-state index in [-0.39, 0.29) is 30.9 Å². The first-order valence-electron chi connectivity index (χ1n) is 13.7. The number of benzene rings is 2. The normalized spacial score (nSPS) is 14.7. The molecule has 1 aromatic heterocycles. The minimum Gasteiger partial charge on any atom is -0.460 e. The second-order valence-electron chi connectivity index (χ2n) is 11.3. The minimum absolute atomic E-state index is 0.00295. The van der Waals surface area contributed by atoms with Crippen molar-refractivity contribution in [2.75, 3.05) is 24.5 Å². The zero-order valence-electron chi connectivity index (χ0n) is 23.5. The van der Waals surface area contributed by atoms with Crippen molar-refractivity contribution in [2.45, 2.75) is 71.3 Å². The first-order chi connectivity index (χ1) is 18.9. The van der Waals surface area contributed by atoms with Crippen LogP contribution in [0, 0.1) is 18.6 Å². The third-order valence-electron chi connectivity index (χ3n) is 7.07. The molecule has 1 unspecified atom stereocenters. The summed E-state index contributed by atoms with van der Waals surface area (Å²) in [6.07, 6.45) is 3.48. The van der Waals surface area contributed by atoms with E-state index >= 15 is 0 Å². The number of anilines is 1. The van der Waals surface area contributed by atoms with Crippen LogP contribution in [-0.2, 0) is 9.53 Å². The number of fused-ring (bicyclic) bond motifs is 1. The lowest BCUT2D eigenvalue weighted by Gasteiger charge is -2.30. The average molecular weight is 617 g/mol. The maximum Gasteiger partial charge on any atom is 0.306 e. The van der Waals surface area contributed by atoms with Crippen LogP contribution in [0.1, 0.15) is 80.3 Å². The number of esters is 1. The highest BCUT2D eigenvalue weighted by Gasteiger charge is 2.25. The molecule has 1 atom stereocenters. The van der Waals surface area contributed by atoms with Crippen molar-refractivity contribution in [3.63, 3.8) is 0 Å². The fourth-order valence-electron chi connectivity index (χ4n) is 5.21. The summed E-state index contributed by atoms with van der Waals surface area (Å²) < 4.78 is 35.2. The zero-order chi connectivity index (χ0) is 29.0. The molecule has 0 saturated carbocycles. The molecule has 0 spiro atoms. The highest BCUT2D eigenvalue weighted by Crippen LogP contribution is 2.32. The Kier molecular flexibility index (Phi) is 9.44. The molecule has 0 aliphatic carbocycles. The van der Waals surface area contributed by atoms with Gasteiger partial charge in [-0.25, -0.2) is 13.8 Å². The maximum atomic E-state index is 14.8. The van der Waals surface area contributed by atoms with Crippen molar-refractivity contribution >= 4 is 44.5 Å². The summed E-state index contributed by atoms with van der Waals surface area (Å²) in [5.41, 5.74) is 1.42. The molecule has 1 aliphatic heterocycles. The summed E-state index contributed by atoms with van der Waals surface area (Å²) in [5, 5.41) is 3.66. The molecule has 3 aromatic rings. The summed E-state index contributed by atoms with van der Waals surface area (Å²) in [7, 11) is 0. The van der Waals surface area contributed by atoms with Crippen LogP contribution in [-0.4, -0.2) is 42.1 Å². The molecule has 6 nitrogen and oxygen atoms in total. The molecule has 4 rings (SSSR count). The lowest BCUT2D eigenvalue weighted by Crippen LogP contribution is -2.33. The fourth-order valence-corrected chi connectivity index (χ4v) is 5.57. The molecule has 214 valence electrons. The largest absolute Gasteiger partial charge is 0.460 e. The Bertz CT molecular complexity index is 1400. The van der Waals surface area contributed by atoms with Gasteiger partial charge in [0, 0.05) is 47.4 Å². The highest BCUT2D eigenvalue weighted by molar-refractivity contribution is 9.10. The number of hydrogen-bond donors (Lipinski definition) is 1. The number of hydrogen-bond acceptors (Lipinski definition) is 5. The van der Waals surface area contributed by atoms with E-state index in [1.165, 1.54) is 6.42 Å². The van der Waals surface area contributed by atoms with Gasteiger partial charge in [-0.15, -0.1) is 0 Å². The predicted octanol–water partition coefficient (Wildman–Crippen LogP) is 7.21. The van der Waals surface area contributed by atoms with Gasteiger partial charge in [0.15, 0.2) is 0 Å². The van der Waals surface area contributed by atoms with Gasteiger partial charge < -0.3 is 15.0 Å². The van der Waals surface area contributed by atoms with Gasteiger partial charge in [-0.1, -0.05) is 15.9 Å². The zero-order valence-corrected chi connectivity index (χ0v) is 25.0. The van der Waals surface area contributed by atoms with Crippen molar-refractivity contribution < 1.29 is 23.1 Å². The molecule has 0 bridgehead atoms. The van der Waals surface area contributed by atoms with Gasteiger partial charge in [0.2, 0.25) is 0 Å². The van der Waals surface area contributed by atoms with Gasteiger partial charge in [0.1, 0.15) is 23.1 Å². The van der Waals surface area contributed by atoms with Crippen LogP contribution in [0.25, 0.3) is 10.9 Å². The van der Waals surface area contributed by atoms with E-state index in [0.717, 1.165) is 60.0 Å². The van der Waals surface area contributed by atoms with Gasteiger partial charge in [-0.2, -0.15) is 0 Å². The van der Waals surface area contributed by atoms with Crippen molar-refractivity contribution in [3.05, 3.63) is 69.2 Å². The second-order valence-corrected chi connectivity index (χ2v) is 12.3. The third-order valence-corrected chi connectivity index (χ3v) is 7.56. The number of piperidine rings is 1. The summed E-state index contributed by atoms with van der Waals surface area (Å²) in [6.45, 7) is 8.98. The van der Waals surface area contributed by atoms with Crippen molar-refractivity contribution in [1.29, 1.82) is 0 Å². The summed E-state index contributed by atoms with van der Waals surface area (Å²) in [4.78, 5) is 33.4. The topological polar surface area (TPSA) is 71.5 Å². The molecule has 1 fully saturated rings. The molecular weight excluding hydrogens is 580 g/mol. The molecule has 1 saturated heterocycles. The van der Waals surface area contributed by atoms with Crippen molar-refractivity contribution in [2.24, 2.45) is 0 Å². The van der Waals surface area contributed by atoms with E-state index in [1.807, 2.05) is 25.1 Å².